The molecule has 0 aliphatic carbocycles. The summed E-state index contributed by atoms with van der Waals surface area (Å²) < 4.78 is 17.0. The van der Waals surface area contributed by atoms with E-state index in [0.717, 1.165) is 6.42 Å². The molecule has 1 spiro atoms. The second kappa shape index (κ2) is 6.96. The van der Waals surface area contributed by atoms with Gasteiger partial charge in [0, 0.05) is 30.4 Å². The topological polar surface area (TPSA) is 60.9 Å². The quantitative estimate of drug-likeness (QED) is 0.825. The van der Waals surface area contributed by atoms with Crippen LogP contribution in [0, 0.1) is 5.92 Å². The molecule has 6 heteroatoms. The molecule has 2 fully saturated rings. The van der Waals surface area contributed by atoms with Gasteiger partial charge in [0.1, 0.15) is 11.4 Å². The Morgan fingerprint density at radius 2 is 2.19 bits per heavy atom. The van der Waals surface area contributed by atoms with Gasteiger partial charge in [-0.15, -0.1) is 0 Å². The summed E-state index contributed by atoms with van der Waals surface area (Å²) in [5, 5.41) is 0. The number of ether oxygens (including phenoxy) is 3. The molecule has 0 radical (unpaired) electrons. The Morgan fingerprint density at radius 1 is 1.31 bits per heavy atom. The Kier molecular flexibility index (Phi) is 4.51. The minimum Gasteiger partial charge on any atom is -0.497 e. The molecule has 2 aliphatic rings. The predicted octanol–water partition coefficient (Wildman–Crippen LogP) is 2.40. The highest BCUT2D eigenvalue weighted by Crippen LogP contribution is 2.40. The van der Waals surface area contributed by atoms with Gasteiger partial charge in [-0.1, -0.05) is 12.1 Å². The number of aromatic nitrogens is 1. The summed E-state index contributed by atoms with van der Waals surface area (Å²) in [5.41, 5.74) is 0.349. The number of pyridine rings is 1. The van der Waals surface area contributed by atoms with Crippen molar-refractivity contribution in [3.8, 4) is 11.6 Å². The van der Waals surface area contributed by atoms with Crippen molar-refractivity contribution in [1.82, 2.24) is 9.88 Å². The van der Waals surface area contributed by atoms with Crippen LogP contribution in [0.3, 0.4) is 0 Å². The Labute approximate surface area is 152 Å². The van der Waals surface area contributed by atoms with Gasteiger partial charge in [0.2, 0.25) is 5.88 Å². The number of carbonyl (C=O) groups is 1. The third-order valence-electron chi connectivity index (χ3n) is 5.19. The summed E-state index contributed by atoms with van der Waals surface area (Å²) in [6, 6.07) is 12.9. The minimum absolute atomic E-state index is 0.00872. The molecule has 1 amide bonds. The SMILES string of the molecule is COc1cccc(C(=O)N2CC3(C2)OCC[C@H]3COc2ccccn2)c1. The lowest BCUT2D eigenvalue weighted by atomic mass is 9.81. The molecular formula is C20H22N2O4. The maximum Gasteiger partial charge on any atom is 0.254 e. The fourth-order valence-electron chi connectivity index (χ4n) is 3.67. The molecule has 1 aromatic heterocycles. The van der Waals surface area contributed by atoms with Crippen molar-refractivity contribution in [1.29, 1.82) is 0 Å². The van der Waals surface area contributed by atoms with Crippen molar-refractivity contribution in [3.05, 3.63) is 54.2 Å². The van der Waals surface area contributed by atoms with Crippen LogP contribution in [0.4, 0.5) is 0 Å². The molecule has 2 aliphatic heterocycles. The van der Waals surface area contributed by atoms with E-state index in [-0.39, 0.29) is 17.4 Å². The van der Waals surface area contributed by atoms with Crippen molar-refractivity contribution in [2.75, 3.05) is 33.4 Å². The van der Waals surface area contributed by atoms with Crippen molar-refractivity contribution in [2.45, 2.75) is 12.0 Å². The molecule has 1 atom stereocenters. The van der Waals surface area contributed by atoms with Crippen LogP contribution in [0.1, 0.15) is 16.8 Å². The number of hydrogen-bond donors (Lipinski definition) is 0. The van der Waals surface area contributed by atoms with Crippen LogP contribution in [0.5, 0.6) is 11.6 Å². The van der Waals surface area contributed by atoms with Crippen LogP contribution in [0.25, 0.3) is 0 Å². The van der Waals surface area contributed by atoms with Crippen LogP contribution < -0.4 is 9.47 Å². The number of rotatable bonds is 5. The molecule has 0 unspecified atom stereocenters. The first kappa shape index (κ1) is 16.8. The zero-order valence-corrected chi connectivity index (χ0v) is 14.8. The number of hydrogen-bond acceptors (Lipinski definition) is 5. The summed E-state index contributed by atoms with van der Waals surface area (Å²) in [5.74, 6) is 1.58. The van der Waals surface area contributed by atoms with E-state index in [0.29, 0.717) is 43.5 Å². The molecule has 3 heterocycles. The summed E-state index contributed by atoms with van der Waals surface area (Å²) in [4.78, 5) is 18.7. The molecule has 0 N–H and O–H groups in total. The minimum atomic E-state index is -0.288. The van der Waals surface area contributed by atoms with Gasteiger partial charge in [0.15, 0.2) is 0 Å². The fraction of sp³-hybridized carbons (Fsp3) is 0.400. The zero-order chi connectivity index (χ0) is 18.0. The summed E-state index contributed by atoms with van der Waals surface area (Å²) in [6.07, 6.45) is 2.65. The van der Waals surface area contributed by atoms with Crippen molar-refractivity contribution in [3.63, 3.8) is 0 Å². The molecule has 136 valence electrons. The molecule has 4 rings (SSSR count). The number of likely N-dealkylation sites (tertiary alicyclic amines) is 1. The van der Waals surface area contributed by atoms with E-state index in [9.17, 15) is 4.79 Å². The second-order valence-electron chi connectivity index (χ2n) is 6.77. The Bertz CT molecular complexity index is 774. The lowest BCUT2D eigenvalue weighted by Gasteiger charge is -2.50. The van der Waals surface area contributed by atoms with Gasteiger partial charge in [-0.2, -0.15) is 0 Å². The molecule has 2 aromatic rings. The monoisotopic (exact) mass is 354 g/mol. The van der Waals surface area contributed by atoms with Crippen LogP contribution in [0.15, 0.2) is 48.7 Å². The average Bonchev–Trinajstić information content (AvgIpc) is 3.09. The maximum absolute atomic E-state index is 12.7. The third-order valence-corrected chi connectivity index (χ3v) is 5.19. The summed E-state index contributed by atoms with van der Waals surface area (Å²) in [7, 11) is 1.60. The van der Waals surface area contributed by atoms with Gasteiger partial charge in [0.05, 0.1) is 26.8 Å². The van der Waals surface area contributed by atoms with E-state index < -0.39 is 0 Å². The number of benzene rings is 1. The van der Waals surface area contributed by atoms with E-state index in [1.165, 1.54) is 0 Å². The Morgan fingerprint density at radius 3 is 2.96 bits per heavy atom. The van der Waals surface area contributed by atoms with Gasteiger partial charge in [0.25, 0.3) is 5.91 Å². The summed E-state index contributed by atoms with van der Waals surface area (Å²) in [6.45, 7) is 2.45. The summed E-state index contributed by atoms with van der Waals surface area (Å²) >= 11 is 0. The molecule has 26 heavy (non-hydrogen) atoms. The smallest absolute Gasteiger partial charge is 0.254 e. The van der Waals surface area contributed by atoms with E-state index in [4.69, 9.17) is 14.2 Å². The highest BCUT2D eigenvalue weighted by Gasteiger charge is 2.54. The molecule has 1 aromatic carbocycles. The van der Waals surface area contributed by atoms with E-state index >= 15 is 0 Å². The van der Waals surface area contributed by atoms with Crippen molar-refractivity contribution >= 4 is 5.91 Å². The van der Waals surface area contributed by atoms with Crippen LogP contribution in [0.2, 0.25) is 0 Å². The number of amides is 1. The predicted molar refractivity (Wildman–Crippen MR) is 95.4 cm³/mol. The number of carbonyl (C=O) groups excluding carboxylic acids is 1. The molecule has 2 saturated heterocycles. The van der Waals surface area contributed by atoms with E-state index in [1.54, 1.807) is 19.4 Å². The number of methoxy groups -OCH3 is 1. The number of nitrogens with zero attached hydrogens (tertiary/aromatic N) is 2. The van der Waals surface area contributed by atoms with Crippen molar-refractivity contribution in [2.24, 2.45) is 5.92 Å². The molecule has 0 bridgehead atoms. The first-order valence-electron chi connectivity index (χ1n) is 8.81. The third kappa shape index (κ3) is 3.12. The second-order valence-corrected chi connectivity index (χ2v) is 6.77. The van der Waals surface area contributed by atoms with Gasteiger partial charge in [-0.3, -0.25) is 4.79 Å². The Balaban J connectivity index is 1.37. The van der Waals surface area contributed by atoms with E-state index in [2.05, 4.69) is 4.98 Å². The van der Waals surface area contributed by atoms with Crippen molar-refractivity contribution < 1.29 is 19.0 Å². The first-order chi connectivity index (χ1) is 12.7. The highest BCUT2D eigenvalue weighted by atomic mass is 16.5. The maximum atomic E-state index is 12.7. The molecule has 6 nitrogen and oxygen atoms in total. The van der Waals surface area contributed by atoms with Gasteiger partial charge < -0.3 is 19.1 Å². The van der Waals surface area contributed by atoms with Crippen LogP contribution in [-0.2, 0) is 4.74 Å². The largest absolute Gasteiger partial charge is 0.497 e. The fourth-order valence-corrected chi connectivity index (χ4v) is 3.67. The lowest BCUT2D eigenvalue weighted by molar-refractivity contribution is -0.122. The van der Waals surface area contributed by atoms with Crippen LogP contribution >= 0.6 is 0 Å². The Hall–Kier alpha value is -2.60. The zero-order valence-electron chi connectivity index (χ0n) is 14.8. The van der Waals surface area contributed by atoms with Gasteiger partial charge in [-0.05, 0) is 30.7 Å². The normalized spacial score (nSPS) is 20.7. The lowest BCUT2D eigenvalue weighted by Crippen LogP contribution is -2.66. The standard InChI is InChI=1S/C20H22N2O4/c1-24-17-6-4-5-15(11-17)19(23)22-13-20(14-22)16(8-10-26-20)12-25-18-7-2-3-9-21-18/h2-7,9,11,16H,8,10,12-14H2,1H3/t16-/m0/s1. The average molecular weight is 354 g/mol. The van der Waals surface area contributed by atoms with Gasteiger partial charge >= 0.3 is 0 Å². The molecule has 0 saturated carbocycles. The highest BCUT2D eigenvalue weighted by molar-refractivity contribution is 5.95. The van der Waals surface area contributed by atoms with Crippen LogP contribution in [-0.4, -0.2) is 54.8 Å². The molecular weight excluding hydrogens is 332 g/mol. The van der Waals surface area contributed by atoms with Gasteiger partial charge in [-0.25, -0.2) is 4.98 Å². The van der Waals surface area contributed by atoms with E-state index in [1.807, 2.05) is 41.3 Å². The first-order valence-corrected chi connectivity index (χ1v) is 8.81.